The van der Waals surface area contributed by atoms with Gasteiger partial charge in [0, 0.05) is 25.1 Å². The highest BCUT2D eigenvalue weighted by Gasteiger charge is 2.36. The molecule has 6 rings (SSSR count). The molecular weight excluding hydrogens is 576 g/mol. The topological polar surface area (TPSA) is 92.7 Å². The normalized spacial score (nSPS) is 19.3. The van der Waals surface area contributed by atoms with Crippen LogP contribution in [0.4, 0.5) is 8.78 Å². The van der Waals surface area contributed by atoms with E-state index in [9.17, 15) is 23.5 Å². The van der Waals surface area contributed by atoms with E-state index in [0.717, 1.165) is 24.1 Å². The summed E-state index contributed by atoms with van der Waals surface area (Å²) >= 11 is 0. The Morgan fingerprint density at radius 3 is 2.44 bits per heavy atom. The zero-order chi connectivity index (χ0) is 31.9. The summed E-state index contributed by atoms with van der Waals surface area (Å²) in [6, 6.07) is 14.8. The Morgan fingerprint density at radius 1 is 1.04 bits per heavy atom. The summed E-state index contributed by atoms with van der Waals surface area (Å²) in [7, 11) is 0. The van der Waals surface area contributed by atoms with E-state index in [1.165, 1.54) is 26.9 Å². The Balaban J connectivity index is 1.12. The number of aromatic nitrogens is 4. The fourth-order valence-electron chi connectivity index (χ4n) is 6.96. The van der Waals surface area contributed by atoms with Crippen molar-refractivity contribution in [3.8, 4) is 11.3 Å². The van der Waals surface area contributed by atoms with E-state index in [1.807, 2.05) is 0 Å². The van der Waals surface area contributed by atoms with Crippen molar-refractivity contribution in [3.63, 3.8) is 0 Å². The summed E-state index contributed by atoms with van der Waals surface area (Å²) in [6.07, 6.45) is 2.69. The van der Waals surface area contributed by atoms with Gasteiger partial charge in [-0.3, -0.25) is 14.2 Å². The Kier molecular flexibility index (Phi) is 8.61. The third kappa shape index (κ3) is 6.30. The highest BCUT2D eigenvalue weighted by atomic mass is 19.3. The van der Waals surface area contributed by atoms with Crippen LogP contribution in [0, 0.1) is 17.8 Å². The predicted molar refractivity (Wildman–Crippen MR) is 168 cm³/mol. The van der Waals surface area contributed by atoms with Crippen LogP contribution in [0.1, 0.15) is 62.6 Å². The van der Waals surface area contributed by atoms with Gasteiger partial charge in [-0.15, -0.1) is 0 Å². The maximum absolute atomic E-state index is 13.8. The molecule has 8 nitrogen and oxygen atoms in total. The summed E-state index contributed by atoms with van der Waals surface area (Å²) in [5.41, 5.74) is 3.41. The highest BCUT2D eigenvalue weighted by Crippen LogP contribution is 2.37. The molecule has 0 spiro atoms. The number of aliphatic hydroxyl groups is 1. The third-order valence-electron chi connectivity index (χ3n) is 10.2. The monoisotopic (exact) mass is 617 g/mol. The number of fused-ring (bicyclic) bond motifs is 2. The number of imidazole rings is 1. The lowest BCUT2D eigenvalue weighted by Gasteiger charge is -2.38. The number of benzene rings is 2. The second-order valence-corrected chi connectivity index (χ2v) is 13.4. The largest absolute Gasteiger partial charge is 0.388 e. The number of carbonyl (C=O) groups excluding carboxylic acids is 1. The second kappa shape index (κ2) is 12.5. The molecule has 4 aromatic rings. The summed E-state index contributed by atoms with van der Waals surface area (Å²) < 4.78 is 30.5. The average Bonchev–Trinajstić information content (AvgIpc) is 3.66. The van der Waals surface area contributed by atoms with Gasteiger partial charge < -0.3 is 10.0 Å². The van der Waals surface area contributed by atoms with Gasteiger partial charge in [-0.05, 0) is 66.2 Å². The molecule has 0 saturated carbocycles. The number of rotatable bonds is 9. The average molecular weight is 618 g/mol. The number of alkyl halides is 2. The standard InChI is InChI=1S/C35H41F2N5O3/c1-22(2)23(3)27-15-25-9-10-26(16-28(25)17-27)30-19-38-33-34(44)41(21-39-42(30)33)20-35(45)11-13-40(14-12-35)31(43)18-29(32(36)37)24-7-5-4-6-8-24/h4-10,16,19,21-23,27,29,32,45H,11-15,17-18,20H2,1-3H3. The van der Waals surface area contributed by atoms with Crippen LogP contribution >= 0.6 is 0 Å². The third-order valence-corrected chi connectivity index (χ3v) is 10.2. The molecule has 2 aromatic carbocycles. The van der Waals surface area contributed by atoms with Crippen LogP contribution in [-0.4, -0.2) is 60.2 Å². The first kappa shape index (κ1) is 31.1. The molecule has 238 valence electrons. The molecule has 10 heteroatoms. The number of halogens is 2. The van der Waals surface area contributed by atoms with E-state index in [0.29, 0.717) is 23.3 Å². The molecule has 1 N–H and O–H groups in total. The van der Waals surface area contributed by atoms with Gasteiger partial charge in [0.1, 0.15) is 6.33 Å². The Labute approximate surface area is 261 Å². The maximum atomic E-state index is 13.8. The van der Waals surface area contributed by atoms with Crippen molar-refractivity contribution >= 4 is 11.6 Å². The van der Waals surface area contributed by atoms with Crippen LogP contribution in [0.25, 0.3) is 16.9 Å². The van der Waals surface area contributed by atoms with Crippen molar-refractivity contribution in [2.45, 2.75) is 77.4 Å². The first-order valence-corrected chi connectivity index (χ1v) is 15.9. The minimum absolute atomic E-state index is 0.00248. The van der Waals surface area contributed by atoms with Crippen molar-refractivity contribution in [2.24, 2.45) is 17.8 Å². The minimum atomic E-state index is -2.66. The van der Waals surface area contributed by atoms with Crippen LogP contribution in [0.2, 0.25) is 0 Å². The summed E-state index contributed by atoms with van der Waals surface area (Å²) in [5, 5.41) is 15.9. The van der Waals surface area contributed by atoms with Crippen LogP contribution in [0.3, 0.4) is 0 Å². The van der Waals surface area contributed by atoms with Crippen molar-refractivity contribution in [2.75, 3.05) is 13.1 Å². The number of hydrogen-bond acceptors (Lipinski definition) is 5. The molecule has 1 amide bonds. The van der Waals surface area contributed by atoms with Gasteiger partial charge in [-0.2, -0.15) is 5.10 Å². The first-order chi connectivity index (χ1) is 21.5. The van der Waals surface area contributed by atoms with Crippen LogP contribution in [-0.2, 0) is 24.2 Å². The molecule has 3 heterocycles. The van der Waals surface area contributed by atoms with E-state index >= 15 is 0 Å². The fraction of sp³-hybridized carbons (Fsp3) is 0.486. The maximum Gasteiger partial charge on any atom is 0.296 e. The molecule has 1 aliphatic carbocycles. The molecule has 1 fully saturated rings. The number of amides is 1. The molecular formula is C35H41F2N5O3. The van der Waals surface area contributed by atoms with Gasteiger partial charge in [0.05, 0.1) is 30.0 Å². The van der Waals surface area contributed by atoms with Gasteiger partial charge in [-0.25, -0.2) is 18.3 Å². The molecule has 2 aliphatic rings. The summed E-state index contributed by atoms with van der Waals surface area (Å²) in [6.45, 7) is 7.32. The number of hydrogen-bond donors (Lipinski definition) is 1. The van der Waals surface area contributed by atoms with Crippen molar-refractivity contribution in [1.29, 1.82) is 0 Å². The highest BCUT2D eigenvalue weighted by molar-refractivity contribution is 5.77. The molecule has 1 aliphatic heterocycles. The van der Waals surface area contributed by atoms with E-state index < -0.39 is 17.9 Å². The Bertz CT molecular complexity index is 1730. The molecule has 2 aromatic heterocycles. The van der Waals surface area contributed by atoms with Crippen LogP contribution < -0.4 is 5.56 Å². The van der Waals surface area contributed by atoms with Crippen molar-refractivity contribution in [1.82, 2.24) is 24.1 Å². The Morgan fingerprint density at radius 2 is 1.76 bits per heavy atom. The molecule has 0 bridgehead atoms. The summed E-state index contributed by atoms with van der Waals surface area (Å²) in [5.74, 6) is 0.345. The lowest BCUT2D eigenvalue weighted by Crippen LogP contribution is -2.50. The zero-order valence-electron chi connectivity index (χ0n) is 26.1. The zero-order valence-corrected chi connectivity index (χ0v) is 26.1. The second-order valence-electron chi connectivity index (χ2n) is 13.4. The molecule has 3 unspecified atom stereocenters. The predicted octanol–water partition coefficient (Wildman–Crippen LogP) is 5.36. The molecule has 3 atom stereocenters. The smallest absolute Gasteiger partial charge is 0.296 e. The van der Waals surface area contributed by atoms with Gasteiger partial charge in [0.15, 0.2) is 0 Å². The number of carbonyl (C=O) groups is 1. The van der Waals surface area contributed by atoms with E-state index in [1.54, 1.807) is 41.0 Å². The minimum Gasteiger partial charge on any atom is -0.388 e. The SMILES string of the molecule is CC(C)C(C)C1Cc2ccc(-c3cnc4c(=O)n(CC5(O)CCN(C(=O)CC(c6ccccc6)C(F)F)CC5)cnn34)cc2C1. The lowest BCUT2D eigenvalue weighted by molar-refractivity contribution is -0.137. The number of piperidine rings is 1. The Hall–Kier alpha value is -3.92. The van der Waals surface area contributed by atoms with Crippen LogP contribution in [0.15, 0.2) is 65.8 Å². The molecule has 1 saturated heterocycles. The van der Waals surface area contributed by atoms with Crippen molar-refractivity contribution < 1.29 is 18.7 Å². The number of likely N-dealkylation sites (tertiary alicyclic amines) is 1. The van der Waals surface area contributed by atoms with E-state index in [4.69, 9.17) is 0 Å². The van der Waals surface area contributed by atoms with Gasteiger partial charge in [-0.1, -0.05) is 63.2 Å². The molecule has 0 radical (unpaired) electrons. The lowest BCUT2D eigenvalue weighted by atomic mass is 9.83. The van der Waals surface area contributed by atoms with Crippen molar-refractivity contribution in [3.05, 3.63) is 88.1 Å². The van der Waals surface area contributed by atoms with Crippen LogP contribution in [0.5, 0.6) is 0 Å². The van der Waals surface area contributed by atoms with Gasteiger partial charge >= 0.3 is 0 Å². The fourth-order valence-corrected chi connectivity index (χ4v) is 6.96. The quantitative estimate of drug-likeness (QED) is 0.273. The van der Waals surface area contributed by atoms with Gasteiger partial charge in [0.25, 0.3) is 5.56 Å². The number of nitrogens with zero attached hydrogens (tertiary/aromatic N) is 5. The van der Waals surface area contributed by atoms with Gasteiger partial charge in [0.2, 0.25) is 18.0 Å². The molecule has 45 heavy (non-hydrogen) atoms. The van der Waals surface area contributed by atoms with E-state index in [2.05, 4.69) is 49.1 Å². The first-order valence-electron chi connectivity index (χ1n) is 15.9. The van der Waals surface area contributed by atoms with E-state index in [-0.39, 0.29) is 56.0 Å². The summed E-state index contributed by atoms with van der Waals surface area (Å²) in [4.78, 5) is 32.3.